The average Bonchev–Trinajstić information content (AvgIpc) is 2.69. The molecule has 2 aromatic carbocycles. The van der Waals surface area contributed by atoms with Gasteiger partial charge in [0.25, 0.3) is 0 Å². The molecule has 0 amide bonds. The average molecular weight is 350 g/mol. The number of hydrogen-bond acceptors (Lipinski definition) is 4. The summed E-state index contributed by atoms with van der Waals surface area (Å²) in [6.45, 7) is 3.89. The topological polar surface area (TPSA) is 52.6 Å². The number of Topliss-reactive ketones (excluding diaryl/α,β-unsaturated/α-hetero) is 1. The minimum atomic E-state index is -1.20. The number of rotatable bonds is 6. The SMILES string of the molecule is C=CC[C@@]1(C(=O)OCc2ccccc2)CCc2cc(OC)ccc2C1=O. The first-order chi connectivity index (χ1) is 12.6. The normalized spacial score (nSPS) is 18.7. The maximum Gasteiger partial charge on any atom is 0.320 e. The number of ketones is 1. The monoisotopic (exact) mass is 350 g/mol. The van der Waals surface area contributed by atoms with Crippen molar-refractivity contribution in [2.45, 2.75) is 25.9 Å². The van der Waals surface area contributed by atoms with Gasteiger partial charge < -0.3 is 9.47 Å². The van der Waals surface area contributed by atoms with Gasteiger partial charge in [-0.05, 0) is 48.6 Å². The van der Waals surface area contributed by atoms with Crippen molar-refractivity contribution < 1.29 is 19.1 Å². The fourth-order valence-corrected chi connectivity index (χ4v) is 3.43. The lowest BCUT2D eigenvalue weighted by Crippen LogP contribution is -2.43. The van der Waals surface area contributed by atoms with Gasteiger partial charge in [-0.3, -0.25) is 9.59 Å². The number of allylic oxidation sites excluding steroid dienone is 1. The molecule has 4 nitrogen and oxygen atoms in total. The zero-order chi connectivity index (χ0) is 18.6. The van der Waals surface area contributed by atoms with Crippen LogP contribution in [0, 0.1) is 5.41 Å². The molecule has 0 saturated carbocycles. The molecule has 0 saturated heterocycles. The number of carbonyl (C=O) groups is 2. The zero-order valence-corrected chi connectivity index (χ0v) is 14.9. The van der Waals surface area contributed by atoms with E-state index in [9.17, 15) is 9.59 Å². The predicted molar refractivity (Wildman–Crippen MR) is 99.1 cm³/mol. The number of aryl methyl sites for hydroxylation is 1. The van der Waals surface area contributed by atoms with Gasteiger partial charge in [0.05, 0.1) is 7.11 Å². The summed E-state index contributed by atoms with van der Waals surface area (Å²) < 4.78 is 10.8. The van der Waals surface area contributed by atoms with E-state index in [4.69, 9.17) is 9.47 Å². The number of ether oxygens (including phenoxy) is 2. The second-order valence-electron chi connectivity index (χ2n) is 6.49. The minimum Gasteiger partial charge on any atom is -0.497 e. The maximum atomic E-state index is 13.2. The third kappa shape index (κ3) is 3.27. The minimum absolute atomic E-state index is 0.154. The highest BCUT2D eigenvalue weighted by molar-refractivity contribution is 6.14. The molecule has 0 fully saturated rings. The summed E-state index contributed by atoms with van der Waals surface area (Å²) in [4.78, 5) is 26.1. The zero-order valence-electron chi connectivity index (χ0n) is 14.9. The van der Waals surface area contributed by atoms with Crippen molar-refractivity contribution in [3.63, 3.8) is 0 Å². The van der Waals surface area contributed by atoms with E-state index >= 15 is 0 Å². The van der Waals surface area contributed by atoms with Crippen LogP contribution in [0.25, 0.3) is 0 Å². The van der Waals surface area contributed by atoms with Crippen LogP contribution in [-0.2, 0) is 22.6 Å². The van der Waals surface area contributed by atoms with Gasteiger partial charge in [0.1, 0.15) is 17.8 Å². The molecule has 0 bridgehead atoms. The molecule has 0 unspecified atom stereocenters. The highest BCUT2D eigenvalue weighted by Gasteiger charge is 2.49. The Bertz CT molecular complexity index is 825. The first-order valence-corrected chi connectivity index (χ1v) is 8.64. The van der Waals surface area contributed by atoms with E-state index < -0.39 is 11.4 Å². The summed E-state index contributed by atoms with van der Waals surface area (Å²) in [6, 6.07) is 14.8. The Kier molecular flexibility index (Phi) is 5.21. The molecule has 0 aromatic heterocycles. The van der Waals surface area contributed by atoms with E-state index in [1.165, 1.54) is 0 Å². The van der Waals surface area contributed by atoms with E-state index in [1.807, 2.05) is 36.4 Å². The number of fused-ring (bicyclic) bond motifs is 1. The fraction of sp³-hybridized carbons (Fsp3) is 0.273. The Morgan fingerprint density at radius 2 is 2.00 bits per heavy atom. The van der Waals surface area contributed by atoms with Crippen LogP contribution in [-0.4, -0.2) is 18.9 Å². The fourth-order valence-electron chi connectivity index (χ4n) is 3.43. The lowest BCUT2D eigenvalue weighted by atomic mass is 9.68. The van der Waals surface area contributed by atoms with Gasteiger partial charge in [0, 0.05) is 5.56 Å². The molecule has 2 aromatic rings. The van der Waals surface area contributed by atoms with Crippen LogP contribution in [0.3, 0.4) is 0 Å². The van der Waals surface area contributed by atoms with Crippen molar-refractivity contribution >= 4 is 11.8 Å². The quantitative estimate of drug-likeness (QED) is 0.446. The summed E-state index contributed by atoms with van der Waals surface area (Å²) in [5.74, 6) is 0.0338. The molecule has 0 heterocycles. The summed E-state index contributed by atoms with van der Waals surface area (Å²) in [5.41, 5.74) is 1.17. The summed E-state index contributed by atoms with van der Waals surface area (Å²) in [6.07, 6.45) is 2.92. The van der Waals surface area contributed by atoms with Gasteiger partial charge in [0.15, 0.2) is 5.78 Å². The van der Waals surface area contributed by atoms with Crippen LogP contribution in [0.2, 0.25) is 0 Å². The molecule has 1 atom stereocenters. The van der Waals surface area contributed by atoms with Crippen molar-refractivity contribution in [3.05, 3.63) is 77.9 Å². The smallest absolute Gasteiger partial charge is 0.320 e. The number of methoxy groups -OCH3 is 1. The van der Waals surface area contributed by atoms with Crippen molar-refractivity contribution in [1.29, 1.82) is 0 Å². The van der Waals surface area contributed by atoms with E-state index in [-0.39, 0.29) is 18.8 Å². The highest BCUT2D eigenvalue weighted by Crippen LogP contribution is 2.41. The lowest BCUT2D eigenvalue weighted by Gasteiger charge is -2.33. The first-order valence-electron chi connectivity index (χ1n) is 8.64. The number of carbonyl (C=O) groups excluding carboxylic acids is 2. The lowest BCUT2D eigenvalue weighted by molar-refractivity contribution is -0.154. The van der Waals surface area contributed by atoms with Gasteiger partial charge in [-0.15, -0.1) is 6.58 Å². The molecular formula is C22H22O4. The van der Waals surface area contributed by atoms with E-state index in [0.29, 0.717) is 24.2 Å². The summed E-state index contributed by atoms with van der Waals surface area (Å²) in [7, 11) is 1.59. The van der Waals surface area contributed by atoms with E-state index in [1.54, 1.807) is 25.3 Å². The molecule has 0 radical (unpaired) electrons. The van der Waals surface area contributed by atoms with E-state index in [0.717, 1.165) is 11.1 Å². The standard InChI is InChI=1S/C22H22O4/c1-3-12-22(21(24)26-15-16-7-5-4-6-8-16)13-11-17-14-18(25-2)9-10-19(17)20(22)23/h3-10,14H,1,11-13,15H2,2H3/t22-/m1/s1. The highest BCUT2D eigenvalue weighted by atomic mass is 16.5. The second-order valence-corrected chi connectivity index (χ2v) is 6.49. The van der Waals surface area contributed by atoms with Crippen molar-refractivity contribution in [1.82, 2.24) is 0 Å². The van der Waals surface area contributed by atoms with Gasteiger partial charge in [-0.2, -0.15) is 0 Å². The second kappa shape index (κ2) is 7.56. The van der Waals surface area contributed by atoms with Gasteiger partial charge in [0.2, 0.25) is 0 Å². The number of benzene rings is 2. The van der Waals surface area contributed by atoms with Gasteiger partial charge in [-0.25, -0.2) is 0 Å². The Morgan fingerprint density at radius 3 is 2.69 bits per heavy atom. The van der Waals surface area contributed by atoms with Crippen LogP contribution < -0.4 is 4.74 Å². The first kappa shape index (κ1) is 17.9. The number of hydrogen-bond donors (Lipinski definition) is 0. The van der Waals surface area contributed by atoms with Crippen LogP contribution in [0.5, 0.6) is 5.75 Å². The third-order valence-electron chi connectivity index (χ3n) is 4.91. The van der Waals surface area contributed by atoms with Crippen LogP contribution >= 0.6 is 0 Å². The molecule has 4 heteroatoms. The Balaban J connectivity index is 1.86. The molecule has 1 aliphatic rings. The maximum absolute atomic E-state index is 13.2. The van der Waals surface area contributed by atoms with E-state index in [2.05, 4.69) is 6.58 Å². The van der Waals surface area contributed by atoms with Crippen LogP contribution in [0.1, 0.15) is 34.3 Å². The predicted octanol–water partition coefficient (Wildman–Crippen LogP) is 4.13. The van der Waals surface area contributed by atoms with Gasteiger partial charge >= 0.3 is 5.97 Å². The Hall–Kier alpha value is -2.88. The molecule has 0 N–H and O–H groups in total. The molecule has 3 rings (SSSR count). The molecule has 0 aliphatic heterocycles. The Labute approximate surface area is 153 Å². The molecular weight excluding hydrogens is 328 g/mol. The van der Waals surface area contributed by atoms with Crippen LogP contribution in [0.15, 0.2) is 61.2 Å². The summed E-state index contributed by atoms with van der Waals surface area (Å²) in [5, 5.41) is 0. The van der Waals surface area contributed by atoms with Crippen molar-refractivity contribution in [2.24, 2.45) is 5.41 Å². The van der Waals surface area contributed by atoms with Crippen LogP contribution in [0.4, 0.5) is 0 Å². The largest absolute Gasteiger partial charge is 0.497 e. The molecule has 1 aliphatic carbocycles. The number of esters is 1. The van der Waals surface area contributed by atoms with Gasteiger partial charge in [-0.1, -0.05) is 36.4 Å². The molecule has 134 valence electrons. The Morgan fingerprint density at radius 1 is 1.23 bits per heavy atom. The van der Waals surface area contributed by atoms with Crippen molar-refractivity contribution in [2.75, 3.05) is 7.11 Å². The third-order valence-corrected chi connectivity index (χ3v) is 4.91. The molecule has 0 spiro atoms. The molecule has 26 heavy (non-hydrogen) atoms. The van der Waals surface area contributed by atoms with Crippen molar-refractivity contribution in [3.8, 4) is 5.75 Å². The summed E-state index contributed by atoms with van der Waals surface area (Å²) >= 11 is 0.